The Morgan fingerprint density at radius 1 is 1.14 bits per heavy atom. The van der Waals surface area contributed by atoms with Crippen LogP contribution in [0.2, 0.25) is 0 Å². The first kappa shape index (κ1) is 14.4. The van der Waals surface area contributed by atoms with Crippen LogP contribution in [0, 0.1) is 5.82 Å². The van der Waals surface area contributed by atoms with E-state index in [1.807, 2.05) is 24.3 Å². The SMILES string of the molecule is Fc1c(Nc2ccc(Br)cc2)ncnc1C1CCOCC1. The molecule has 6 heteroatoms. The molecule has 0 radical (unpaired) electrons. The third-order valence-corrected chi connectivity index (χ3v) is 4.06. The van der Waals surface area contributed by atoms with Gasteiger partial charge in [-0.1, -0.05) is 15.9 Å². The van der Waals surface area contributed by atoms with Crippen LogP contribution in [0.1, 0.15) is 24.5 Å². The molecule has 2 aromatic rings. The molecule has 1 aliphatic heterocycles. The summed E-state index contributed by atoms with van der Waals surface area (Å²) in [4.78, 5) is 8.14. The van der Waals surface area contributed by atoms with E-state index in [0.29, 0.717) is 18.9 Å². The maximum atomic E-state index is 14.6. The van der Waals surface area contributed by atoms with Gasteiger partial charge in [-0.25, -0.2) is 14.4 Å². The Morgan fingerprint density at radius 2 is 1.86 bits per heavy atom. The molecule has 21 heavy (non-hydrogen) atoms. The van der Waals surface area contributed by atoms with Gasteiger partial charge in [-0.2, -0.15) is 0 Å². The van der Waals surface area contributed by atoms with Gasteiger partial charge in [0, 0.05) is 29.3 Å². The Labute approximate surface area is 130 Å². The monoisotopic (exact) mass is 351 g/mol. The van der Waals surface area contributed by atoms with Crippen LogP contribution in [0.25, 0.3) is 0 Å². The molecular formula is C15H15BrFN3O. The lowest BCUT2D eigenvalue weighted by Gasteiger charge is -2.22. The van der Waals surface area contributed by atoms with E-state index in [9.17, 15) is 4.39 Å². The first-order valence-electron chi connectivity index (χ1n) is 6.85. The van der Waals surface area contributed by atoms with Crippen molar-refractivity contribution in [2.24, 2.45) is 0 Å². The highest BCUT2D eigenvalue weighted by Crippen LogP contribution is 2.30. The lowest BCUT2D eigenvalue weighted by molar-refractivity contribution is 0.0837. The van der Waals surface area contributed by atoms with Crippen molar-refractivity contribution in [2.75, 3.05) is 18.5 Å². The van der Waals surface area contributed by atoms with Crippen LogP contribution in [0.15, 0.2) is 35.1 Å². The molecular weight excluding hydrogens is 337 g/mol. The van der Waals surface area contributed by atoms with E-state index in [4.69, 9.17) is 4.74 Å². The van der Waals surface area contributed by atoms with Crippen LogP contribution in [0.5, 0.6) is 0 Å². The fourth-order valence-corrected chi connectivity index (χ4v) is 2.66. The van der Waals surface area contributed by atoms with E-state index in [-0.39, 0.29) is 17.6 Å². The Bertz CT molecular complexity index is 615. The molecule has 1 fully saturated rings. The highest BCUT2D eigenvalue weighted by atomic mass is 79.9. The van der Waals surface area contributed by atoms with Gasteiger partial charge in [0.05, 0.1) is 5.69 Å². The van der Waals surface area contributed by atoms with E-state index < -0.39 is 0 Å². The first-order valence-corrected chi connectivity index (χ1v) is 7.64. The molecule has 1 aromatic heterocycles. The molecule has 0 aliphatic carbocycles. The molecule has 2 heterocycles. The zero-order chi connectivity index (χ0) is 14.7. The van der Waals surface area contributed by atoms with Crippen LogP contribution in [-0.2, 0) is 4.74 Å². The summed E-state index contributed by atoms with van der Waals surface area (Å²) in [5.41, 5.74) is 1.27. The Hall–Kier alpha value is -1.53. The van der Waals surface area contributed by atoms with Gasteiger partial charge in [0.2, 0.25) is 0 Å². The second kappa shape index (κ2) is 6.49. The minimum absolute atomic E-state index is 0.104. The summed E-state index contributed by atoms with van der Waals surface area (Å²) in [5, 5.41) is 3.00. The highest BCUT2D eigenvalue weighted by molar-refractivity contribution is 9.10. The molecule has 1 aromatic carbocycles. The van der Waals surface area contributed by atoms with Crippen LogP contribution >= 0.6 is 15.9 Å². The topological polar surface area (TPSA) is 47.0 Å². The van der Waals surface area contributed by atoms with Crippen molar-refractivity contribution < 1.29 is 9.13 Å². The van der Waals surface area contributed by atoms with Crippen LogP contribution in [0.3, 0.4) is 0 Å². The second-order valence-electron chi connectivity index (χ2n) is 4.94. The van der Waals surface area contributed by atoms with Gasteiger partial charge >= 0.3 is 0 Å². The van der Waals surface area contributed by atoms with Crippen molar-refractivity contribution >= 4 is 27.4 Å². The van der Waals surface area contributed by atoms with Gasteiger partial charge < -0.3 is 10.1 Å². The molecule has 0 bridgehead atoms. The fraction of sp³-hybridized carbons (Fsp3) is 0.333. The number of rotatable bonds is 3. The standard InChI is InChI=1S/C15H15BrFN3O/c16-11-1-3-12(4-2-11)20-15-13(17)14(18-9-19-15)10-5-7-21-8-6-10/h1-4,9-10H,5-8H2,(H,18,19,20). The number of aromatic nitrogens is 2. The Morgan fingerprint density at radius 3 is 2.57 bits per heavy atom. The average molecular weight is 352 g/mol. The smallest absolute Gasteiger partial charge is 0.187 e. The number of nitrogens with one attached hydrogen (secondary N) is 1. The Balaban J connectivity index is 1.84. The quantitative estimate of drug-likeness (QED) is 0.907. The zero-order valence-electron chi connectivity index (χ0n) is 11.4. The van der Waals surface area contributed by atoms with Gasteiger partial charge in [0.1, 0.15) is 6.33 Å². The third-order valence-electron chi connectivity index (χ3n) is 3.53. The van der Waals surface area contributed by atoms with E-state index in [1.165, 1.54) is 6.33 Å². The maximum Gasteiger partial charge on any atom is 0.187 e. The van der Waals surface area contributed by atoms with Crippen molar-refractivity contribution in [1.82, 2.24) is 9.97 Å². The van der Waals surface area contributed by atoms with Crippen molar-refractivity contribution in [3.63, 3.8) is 0 Å². The van der Waals surface area contributed by atoms with E-state index in [2.05, 4.69) is 31.2 Å². The van der Waals surface area contributed by atoms with Crippen LogP contribution in [0.4, 0.5) is 15.9 Å². The largest absolute Gasteiger partial charge is 0.381 e. The molecule has 1 N–H and O–H groups in total. The zero-order valence-corrected chi connectivity index (χ0v) is 12.9. The van der Waals surface area contributed by atoms with Crippen molar-refractivity contribution in [2.45, 2.75) is 18.8 Å². The highest BCUT2D eigenvalue weighted by Gasteiger charge is 2.23. The summed E-state index contributed by atoms with van der Waals surface area (Å²) in [6.45, 7) is 1.31. The predicted molar refractivity (Wildman–Crippen MR) is 82.2 cm³/mol. The van der Waals surface area contributed by atoms with Crippen molar-refractivity contribution in [3.8, 4) is 0 Å². The predicted octanol–water partition coefficient (Wildman–Crippen LogP) is 4.02. The molecule has 0 saturated carbocycles. The second-order valence-corrected chi connectivity index (χ2v) is 5.86. The molecule has 0 spiro atoms. The molecule has 0 atom stereocenters. The molecule has 3 rings (SSSR count). The van der Waals surface area contributed by atoms with Crippen molar-refractivity contribution in [3.05, 3.63) is 46.6 Å². The minimum atomic E-state index is -0.368. The number of nitrogens with zero attached hydrogens (tertiary/aromatic N) is 2. The third kappa shape index (κ3) is 3.39. The van der Waals surface area contributed by atoms with Gasteiger partial charge in [-0.3, -0.25) is 0 Å². The summed E-state index contributed by atoms with van der Waals surface area (Å²) < 4.78 is 20.9. The summed E-state index contributed by atoms with van der Waals surface area (Å²) in [6.07, 6.45) is 3.01. The Kier molecular flexibility index (Phi) is 4.45. The molecule has 1 saturated heterocycles. The number of benzene rings is 1. The summed E-state index contributed by atoms with van der Waals surface area (Å²) in [6, 6.07) is 7.50. The molecule has 0 unspecified atom stereocenters. The number of hydrogen-bond acceptors (Lipinski definition) is 4. The summed E-state index contributed by atoms with van der Waals surface area (Å²) in [5.74, 6) is -0.0478. The lowest BCUT2D eigenvalue weighted by atomic mass is 9.96. The number of anilines is 2. The van der Waals surface area contributed by atoms with Gasteiger partial charge in [0.15, 0.2) is 11.6 Å². The van der Waals surface area contributed by atoms with Crippen molar-refractivity contribution in [1.29, 1.82) is 0 Å². The summed E-state index contributed by atoms with van der Waals surface area (Å²) >= 11 is 3.37. The van der Waals surface area contributed by atoms with Gasteiger partial charge in [-0.15, -0.1) is 0 Å². The van der Waals surface area contributed by atoms with E-state index in [0.717, 1.165) is 23.0 Å². The minimum Gasteiger partial charge on any atom is -0.381 e. The number of ether oxygens (including phenoxy) is 1. The van der Waals surface area contributed by atoms with Gasteiger partial charge in [-0.05, 0) is 37.1 Å². The molecule has 1 aliphatic rings. The molecule has 0 amide bonds. The van der Waals surface area contributed by atoms with Crippen LogP contribution in [-0.4, -0.2) is 23.2 Å². The van der Waals surface area contributed by atoms with Crippen LogP contribution < -0.4 is 5.32 Å². The average Bonchev–Trinajstić information content (AvgIpc) is 2.52. The normalized spacial score (nSPS) is 15.9. The van der Waals surface area contributed by atoms with E-state index >= 15 is 0 Å². The molecule has 4 nitrogen and oxygen atoms in total. The fourth-order valence-electron chi connectivity index (χ4n) is 2.40. The summed E-state index contributed by atoms with van der Waals surface area (Å²) in [7, 11) is 0. The van der Waals surface area contributed by atoms with Gasteiger partial charge in [0.25, 0.3) is 0 Å². The maximum absolute atomic E-state index is 14.6. The van der Waals surface area contributed by atoms with E-state index in [1.54, 1.807) is 0 Å². The number of hydrogen-bond donors (Lipinski definition) is 1. The number of halogens is 2. The lowest BCUT2D eigenvalue weighted by Crippen LogP contribution is -2.17. The first-order chi connectivity index (χ1) is 10.2. The molecule has 110 valence electrons.